The van der Waals surface area contributed by atoms with Gasteiger partial charge in [-0.1, -0.05) is 6.58 Å². The Morgan fingerprint density at radius 3 is 2.50 bits per heavy atom. The van der Waals surface area contributed by atoms with E-state index in [1.165, 1.54) is 0 Å². The van der Waals surface area contributed by atoms with Gasteiger partial charge in [0.15, 0.2) is 0 Å². The minimum atomic E-state index is 0.676. The molecule has 0 unspecified atom stereocenters. The molecule has 0 aliphatic rings. The van der Waals surface area contributed by atoms with Crippen LogP contribution in [0.1, 0.15) is 6.92 Å². The van der Waals surface area contributed by atoms with Crippen LogP contribution in [0.2, 0.25) is 0 Å². The molecule has 0 amide bonds. The number of nitrogens with one attached hydrogen (secondary N) is 1. The van der Waals surface area contributed by atoms with Crippen LogP contribution in [0.4, 0.5) is 0 Å². The van der Waals surface area contributed by atoms with Gasteiger partial charge in [0.1, 0.15) is 0 Å². The molecule has 0 saturated carbocycles. The number of thiol groups is 1. The highest BCUT2D eigenvalue weighted by Gasteiger charge is 1.71. The van der Waals surface area contributed by atoms with E-state index in [0.29, 0.717) is 5.88 Å². The summed E-state index contributed by atoms with van der Waals surface area (Å²) < 4.78 is 0. The molecule has 0 bridgehead atoms. The van der Waals surface area contributed by atoms with Crippen molar-refractivity contribution in [1.29, 1.82) is 0 Å². The molecule has 0 spiro atoms. The summed E-state index contributed by atoms with van der Waals surface area (Å²) in [7, 11) is 0. The van der Waals surface area contributed by atoms with E-state index in [-0.39, 0.29) is 0 Å². The monoisotopic (exact) mass is 103 g/mol. The summed E-state index contributed by atoms with van der Waals surface area (Å²) in [5.74, 6) is 0.676. The molecule has 0 aliphatic heterocycles. The van der Waals surface area contributed by atoms with E-state index >= 15 is 0 Å². The van der Waals surface area contributed by atoms with Crippen LogP contribution >= 0.6 is 12.6 Å². The van der Waals surface area contributed by atoms with E-state index in [0.717, 1.165) is 5.70 Å². The first kappa shape index (κ1) is 5.89. The van der Waals surface area contributed by atoms with Crippen molar-refractivity contribution >= 4 is 12.6 Å². The third kappa shape index (κ3) is 3.89. The molecule has 1 nitrogen and oxygen atoms in total. The maximum atomic E-state index is 3.89. The van der Waals surface area contributed by atoms with Crippen LogP contribution in [0.25, 0.3) is 0 Å². The summed E-state index contributed by atoms with van der Waals surface area (Å²) in [6.45, 7) is 5.48. The van der Waals surface area contributed by atoms with Crippen LogP contribution in [-0.2, 0) is 0 Å². The molecule has 0 aromatic rings. The van der Waals surface area contributed by atoms with Crippen LogP contribution in [0.3, 0.4) is 0 Å². The molecular formula is C4H9NS. The highest BCUT2D eigenvalue weighted by Crippen LogP contribution is 1.76. The average Bonchev–Trinajstić information content (AvgIpc) is 1.35. The Bertz CT molecular complexity index is 51.5. The Morgan fingerprint density at radius 2 is 2.50 bits per heavy atom. The third-order valence-electron chi connectivity index (χ3n) is 0.381. The molecular weight excluding hydrogens is 94.1 g/mol. The van der Waals surface area contributed by atoms with E-state index < -0.39 is 0 Å². The minimum absolute atomic E-state index is 0.676. The van der Waals surface area contributed by atoms with E-state index in [4.69, 9.17) is 0 Å². The molecule has 0 saturated heterocycles. The quantitative estimate of drug-likeness (QED) is 0.392. The first-order chi connectivity index (χ1) is 2.77. The molecule has 36 valence electrons. The molecule has 0 aromatic heterocycles. The van der Waals surface area contributed by atoms with Crippen LogP contribution in [0.5, 0.6) is 0 Å². The average molecular weight is 103 g/mol. The van der Waals surface area contributed by atoms with Crippen molar-refractivity contribution in [3.63, 3.8) is 0 Å². The molecule has 6 heavy (non-hydrogen) atoms. The Balaban J connectivity index is 2.83. The fourth-order valence-corrected chi connectivity index (χ4v) is 0.405. The van der Waals surface area contributed by atoms with Gasteiger partial charge in [-0.05, 0) is 6.92 Å². The van der Waals surface area contributed by atoms with Gasteiger partial charge >= 0.3 is 0 Å². The Hall–Kier alpha value is -0.110. The van der Waals surface area contributed by atoms with Crippen molar-refractivity contribution in [3.8, 4) is 0 Å². The first-order valence-corrected chi connectivity index (χ1v) is 2.41. The summed E-state index contributed by atoms with van der Waals surface area (Å²) in [4.78, 5) is 0. The summed E-state index contributed by atoms with van der Waals surface area (Å²) in [6, 6.07) is 0. The van der Waals surface area contributed by atoms with Gasteiger partial charge in [-0.2, -0.15) is 12.6 Å². The van der Waals surface area contributed by atoms with Crippen molar-refractivity contribution in [2.24, 2.45) is 0 Å². The van der Waals surface area contributed by atoms with Crippen molar-refractivity contribution in [1.82, 2.24) is 5.32 Å². The number of hydrogen-bond donors (Lipinski definition) is 2. The fourth-order valence-electron chi connectivity index (χ4n) is 0.135. The highest BCUT2D eigenvalue weighted by molar-refractivity contribution is 7.80. The normalized spacial score (nSPS) is 7.67. The Morgan fingerprint density at radius 1 is 2.00 bits per heavy atom. The summed E-state index contributed by atoms with van der Waals surface area (Å²) >= 11 is 3.89. The first-order valence-electron chi connectivity index (χ1n) is 1.77. The Kier molecular flexibility index (Phi) is 3.04. The lowest BCUT2D eigenvalue weighted by Crippen LogP contribution is -2.05. The summed E-state index contributed by atoms with van der Waals surface area (Å²) in [6.07, 6.45) is 0. The van der Waals surface area contributed by atoms with Gasteiger partial charge in [0, 0.05) is 5.70 Å². The molecule has 1 N–H and O–H groups in total. The zero-order valence-electron chi connectivity index (χ0n) is 3.86. The maximum absolute atomic E-state index is 3.89. The van der Waals surface area contributed by atoms with Crippen LogP contribution in [0.15, 0.2) is 12.3 Å². The van der Waals surface area contributed by atoms with Gasteiger partial charge in [-0.3, -0.25) is 0 Å². The standard InChI is InChI=1S/C4H9NS/c1-4(2)5-3-6/h5-6H,1,3H2,2H3. The molecule has 0 aromatic carbocycles. The van der Waals surface area contributed by atoms with Gasteiger partial charge in [0.2, 0.25) is 0 Å². The van der Waals surface area contributed by atoms with Crippen molar-refractivity contribution < 1.29 is 0 Å². The van der Waals surface area contributed by atoms with E-state index in [9.17, 15) is 0 Å². The Labute approximate surface area is 43.8 Å². The molecule has 2 heteroatoms. The predicted octanol–water partition coefficient (Wildman–Crippen LogP) is 0.997. The molecule has 0 radical (unpaired) electrons. The fraction of sp³-hybridized carbons (Fsp3) is 0.500. The van der Waals surface area contributed by atoms with Gasteiger partial charge in [-0.25, -0.2) is 0 Å². The molecule has 0 heterocycles. The second-order valence-corrected chi connectivity index (χ2v) is 1.43. The number of rotatable bonds is 2. The summed E-state index contributed by atoms with van der Waals surface area (Å²) in [5.41, 5.74) is 0.963. The predicted molar refractivity (Wildman–Crippen MR) is 31.8 cm³/mol. The van der Waals surface area contributed by atoms with Crippen LogP contribution in [-0.4, -0.2) is 5.88 Å². The van der Waals surface area contributed by atoms with Gasteiger partial charge in [0.25, 0.3) is 0 Å². The minimum Gasteiger partial charge on any atom is -0.380 e. The number of hydrogen-bond acceptors (Lipinski definition) is 2. The van der Waals surface area contributed by atoms with Crippen LogP contribution in [0, 0.1) is 0 Å². The second-order valence-electron chi connectivity index (χ2n) is 1.12. The molecule has 0 fully saturated rings. The third-order valence-corrected chi connectivity index (χ3v) is 0.539. The SMILES string of the molecule is C=C(C)NCS. The lowest BCUT2D eigenvalue weighted by Gasteiger charge is -1.94. The highest BCUT2D eigenvalue weighted by atomic mass is 32.1. The molecule has 0 atom stereocenters. The lowest BCUT2D eigenvalue weighted by molar-refractivity contribution is 0.971. The van der Waals surface area contributed by atoms with Crippen LogP contribution < -0.4 is 5.32 Å². The van der Waals surface area contributed by atoms with Gasteiger partial charge < -0.3 is 5.32 Å². The van der Waals surface area contributed by atoms with Gasteiger partial charge in [-0.15, -0.1) is 0 Å². The molecule has 0 aliphatic carbocycles. The zero-order chi connectivity index (χ0) is 4.99. The van der Waals surface area contributed by atoms with E-state index in [2.05, 4.69) is 24.5 Å². The lowest BCUT2D eigenvalue weighted by atomic mass is 10.6. The van der Waals surface area contributed by atoms with E-state index in [1.54, 1.807) is 0 Å². The van der Waals surface area contributed by atoms with Crippen molar-refractivity contribution in [3.05, 3.63) is 12.3 Å². The smallest absolute Gasteiger partial charge is 0.0578 e. The largest absolute Gasteiger partial charge is 0.380 e. The summed E-state index contributed by atoms with van der Waals surface area (Å²) in [5, 5.41) is 2.88. The molecule has 0 rings (SSSR count). The zero-order valence-corrected chi connectivity index (χ0v) is 4.76. The van der Waals surface area contributed by atoms with Crippen molar-refractivity contribution in [2.45, 2.75) is 6.92 Å². The number of allylic oxidation sites excluding steroid dienone is 1. The van der Waals surface area contributed by atoms with E-state index in [1.807, 2.05) is 6.92 Å². The second kappa shape index (κ2) is 3.09. The maximum Gasteiger partial charge on any atom is 0.0578 e. The van der Waals surface area contributed by atoms with Gasteiger partial charge in [0.05, 0.1) is 5.88 Å². The topological polar surface area (TPSA) is 12.0 Å². The van der Waals surface area contributed by atoms with Crippen molar-refractivity contribution in [2.75, 3.05) is 5.88 Å².